The summed E-state index contributed by atoms with van der Waals surface area (Å²) in [6.07, 6.45) is 3.14. The molecule has 4 rings (SSSR count). The molecule has 0 heterocycles. The molecule has 3 aromatic rings. The molecule has 31 heavy (non-hydrogen) atoms. The Morgan fingerprint density at radius 2 is 1.19 bits per heavy atom. The van der Waals surface area contributed by atoms with Gasteiger partial charge in [-0.15, -0.1) is 0 Å². The van der Waals surface area contributed by atoms with Gasteiger partial charge in [0.05, 0.1) is 0 Å². The predicted molar refractivity (Wildman–Crippen MR) is 121 cm³/mol. The maximum Gasteiger partial charge on any atom is 0.308 e. The van der Waals surface area contributed by atoms with E-state index in [1.165, 1.54) is 30.5 Å². The molecule has 4 nitrogen and oxygen atoms in total. The highest BCUT2D eigenvalue weighted by Gasteiger charge is 2.20. The highest BCUT2D eigenvalue weighted by molar-refractivity contribution is 5.99. The standard InChI is InChI=1S/C27H24O4/c1-18(28)30-23-14-10-21(11-15-23)27(22-12-16-24(17-13-22)31-19(2)29)26-9-5-7-20-6-3-4-8-25(20)26/h3-4,6,8,10-17H,5,7,9H2,1-2H3. The maximum atomic E-state index is 11.3. The van der Waals surface area contributed by atoms with Gasteiger partial charge in [-0.2, -0.15) is 0 Å². The summed E-state index contributed by atoms with van der Waals surface area (Å²) in [5.74, 6) is 0.367. The van der Waals surface area contributed by atoms with Gasteiger partial charge < -0.3 is 9.47 Å². The predicted octanol–water partition coefficient (Wildman–Crippen LogP) is 5.83. The first-order valence-electron chi connectivity index (χ1n) is 10.4. The summed E-state index contributed by atoms with van der Waals surface area (Å²) in [5, 5.41) is 0. The molecule has 0 amide bonds. The second-order valence-electron chi connectivity index (χ2n) is 7.60. The smallest absolute Gasteiger partial charge is 0.308 e. The first-order valence-corrected chi connectivity index (χ1v) is 10.4. The molecule has 0 saturated heterocycles. The van der Waals surface area contributed by atoms with Gasteiger partial charge in [-0.1, -0.05) is 48.5 Å². The van der Waals surface area contributed by atoms with E-state index in [9.17, 15) is 9.59 Å². The van der Waals surface area contributed by atoms with Crippen molar-refractivity contribution in [1.82, 2.24) is 0 Å². The highest BCUT2D eigenvalue weighted by Crippen LogP contribution is 2.40. The summed E-state index contributed by atoms with van der Waals surface area (Å²) >= 11 is 0. The minimum absolute atomic E-state index is 0.339. The Bertz CT molecular complexity index is 1080. The van der Waals surface area contributed by atoms with Crippen LogP contribution in [-0.4, -0.2) is 11.9 Å². The van der Waals surface area contributed by atoms with Crippen molar-refractivity contribution in [2.75, 3.05) is 0 Å². The van der Waals surface area contributed by atoms with Crippen molar-refractivity contribution in [2.24, 2.45) is 0 Å². The third-order valence-electron chi connectivity index (χ3n) is 5.33. The molecule has 0 saturated carbocycles. The molecular weight excluding hydrogens is 388 g/mol. The SMILES string of the molecule is CC(=O)Oc1ccc(C(=C2CCCc3ccccc32)c2ccc(OC(C)=O)cc2)cc1. The Balaban J connectivity index is 1.84. The quantitative estimate of drug-likeness (QED) is 0.399. The van der Waals surface area contributed by atoms with Crippen molar-refractivity contribution < 1.29 is 19.1 Å². The van der Waals surface area contributed by atoms with E-state index in [0.717, 1.165) is 36.0 Å². The molecule has 0 fully saturated rings. The number of rotatable bonds is 4. The van der Waals surface area contributed by atoms with Gasteiger partial charge in [-0.05, 0) is 76.9 Å². The molecule has 1 aliphatic carbocycles. The van der Waals surface area contributed by atoms with Gasteiger partial charge >= 0.3 is 11.9 Å². The second-order valence-corrected chi connectivity index (χ2v) is 7.60. The van der Waals surface area contributed by atoms with Crippen LogP contribution in [0, 0.1) is 0 Å². The summed E-state index contributed by atoms with van der Waals surface area (Å²) in [6, 6.07) is 23.8. The van der Waals surface area contributed by atoms with Gasteiger partial charge in [0.25, 0.3) is 0 Å². The highest BCUT2D eigenvalue weighted by atomic mass is 16.5. The van der Waals surface area contributed by atoms with Crippen LogP contribution in [0.2, 0.25) is 0 Å². The number of benzene rings is 3. The van der Waals surface area contributed by atoms with Crippen LogP contribution in [0.4, 0.5) is 0 Å². The largest absolute Gasteiger partial charge is 0.427 e. The summed E-state index contributed by atoms with van der Waals surface area (Å²) < 4.78 is 10.4. The lowest BCUT2D eigenvalue weighted by Gasteiger charge is -2.24. The van der Waals surface area contributed by atoms with E-state index >= 15 is 0 Å². The average Bonchev–Trinajstić information content (AvgIpc) is 2.76. The summed E-state index contributed by atoms with van der Waals surface area (Å²) in [5.41, 5.74) is 7.15. The number of fused-ring (bicyclic) bond motifs is 1. The number of aryl methyl sites for hydroxylation is 1. The van der Waals surface area contributed by atoms with Gasteiger partial charge in [-0.25, -0.2) is 0 Å². The van der Waals surface area contributed by atoms with Crippen LogP contribution in [-0.2, 0) is 16.0 Å². The van der Waals surface area contributed by atoms with Gasteiger partial charge in [0.1, 0.15) is 11.5 Å². The zero-order valence-electron chi connectivity index (χ0n) is 17.7. The molecule has 0 unspecified atom stereocenters. The van der Waals surface area contributed by atoms with Crippen LogP contribution in [0.15, 0.2) is 72.8 Å². The van der Waals surface area contributed by atoms with E-state index in [1.807, 2.05) is 48.5 Å². The molecular formula is C27H24O4. The number of esters is 2. The minimum atomic E-state index is -0.339. The van der Waals surface area contributed by atoms with Crippen molar-refractivity contribution in [1.29, 1.82) is 0 Å². The first kappa shape index (κ1) is 20.6. The Labute approximate surface area is 182 Å². The van der Waals surface area contributed by atoms with Gasteiger partial charge in [-0.3, -0.25) is 9.59 Å². The number of hydrogen-bond donors (Lipinski definition) is 0. The minimum Gasteiger partial charge on any atom is -0.427 e. The summed E-state index contributed by atoms with van der Waals surface area (Å²) in [4.78, 5) is 22.6. The van der Waals surface area contributed by atoms with Crippen LogP contribution < -0.4 is 9.47 Å². The third-order valence-corrected chi connectivity index (χ3v) is 5.33. The Morgan fingerprint density at radius 3 is 1.71 bits per heavy atom. The number of hydrogen-bond acceptors (Lipinski definition) is 4. The summed E-state index contributed by atoms with van der Waals surface area (Å²) in [7, 11) is 0. The van der Waals surface area contributed by atoms with Crippen LogP contribution in [0.1, 0.15) is 48.9 Å². The molecule has 4 heteroatoms. The molecule has 156 valence electrons. The number of allylic oxidation sites excluding steroid dienone is 1. The fourth-order valence-corrected chi connectivity index (χ4v) is 4.11. The number of carbonyl (C=O) groups is 2. The zero-order chi connectivity index (χ0) is 21.8. The molecule has 0 aliphatic heterocycles. The fraction of sp³-hybridized carbons (Fsp3) is 0.185. The van der Waals surface area contributed by atoms with E-state index in [-0.39, 0.29) is 11.9 Å². The number of ether oxygens (including phenoxy) is 2. The molecule has 0 N–H and O–H groups in total. The number of carbonyl (C=O) groups excluding carboxylic acids is 2. The Morgan fingerprint density at radius 1 is 0.677 bits per heavy atom. The molecule has 0 spiro atoms. The fourth-order valence-electron chi connectivity index (χ4n) is 4.11. The zero-order valence-corrected chi connectivity index (χ0v) is 17.7. The summed E-state index contributed by atoms with van der Waals surface area (Å²) in [6.45, 7) is 2.79. The average molecular weight is 412 g/mol. The molecule has 0 bridgehead atoms. The third kappa shape index (κ3) is 4.75. The van der Waals surface area contributed by atoms with Crippen LogP contribution >= 0.6 is 0 Å². The van der Waals surface area contributed by atoms with Gasteiger partial charge in [0, 0.05) is 13.8 Å². The Kier molecular flexibility index (Phi) is 5.99. The van der Waals surface area contributed by atoms with Crippen molar-refractivity contribution >= 4 is 23.1 Å². The normalized spacial score (nSPS) is 12.6. The topological polar surface area (TPSA) is 52.6 Å². The van der Waals surface area contributed by atoms with E-state index in [2.05, 4.69) is 24.3 Å². The van der Waals surface area contributed by atoms with E-state index in [0.29, 0.717) is 11.5 Å². The molecule has 3 aromatic carbocycles. The first-order chi connectivity index (χ1) is 15.0. The van der Waals surface area contributed by atoms with Gasteiger partial charge in [0.15, 0.2) is 0 Å². The maximum absolute atomic E-state index is 11.3. The monoisotopic (exact) mass is 412 g/mol. The van der Waals surface area contributed by atoms with Crippen molar-refractivity contribution in [2.45, 2.75) is 33.1 Å². The molecule has 0 aromatic heterocycles. The Hall–Kier alpha value is -3.66. The van der Waals surface area contributed by atoms with Crippen LogP contribution in [0.5, 0.6) is 11.5 Å². The van der Waals surface area contributed by atoms with Crippen LogP contribution in [0.3, 0.4) is 0 Å². The van der Waals surface area contributed by atoms with Crippen LogP contribution in [0.25, 0.3) is 11.1 Å². The van der Waals surface area contributed by atoms with E-state index in [4.69, 9.17) is 9.47 Å². The van der Waals surface area contributed by atoms with Gasteiger partial charge in [0.2, 0.25) is 0 Å². The molecule has 0 radical (unpaired) electrons. The van der Waals surface area contributed by atoms with E-state index < -0.39 is 0 Å². The second kappa shape index (κ2) is 9.00. The molecule has 0 atom stereocenters. The lowest BCUT2D eigenvalue weighted by molar-refractivity contribution is -0.132. The van der Waals surface area contributed by atoms with Crippen molar-refractivity contribution in [3.63, 3.8) is 0 Å². The van der Waals surface area contributed by atoms with E-state index in [1.54, 1.807) is 0 Å². The van der Waals surface area contributed by atoms with Crippen molar-refractivity contribution in [3.8, 4) is 11.5 Å². The van der Waals surface area contributed by atoms with Crippen molar-refractivity contribution in [3.05, 3.63) is 95.1 Å². The lowest BCUT2D eigenvalue weighted by Crippen LogP contribution is -2.05. The molecule has 1 aliphatic rings. The lowest BCUT2D eigenvalue weighted by atomic mass is 9.81.